The van der Waals surface area contributed by atoms with E-state index in [4.69, 9.17) is 18.9 Å². The van der Waals surface area contributed by atoms with Gasteiger partial charge < -0.3 is 18.9 Å². The first-order valence-corrected chi connectivity index (χ1v) is 19.7. The Labute approximate surface area is 283 Å². The lowest BCUT2D eigenvalue weighted by Gasteiger charge is -2.49. The molecular formula is C41H58O4S. The third-order valence-electron chi connectivity index (χ3n) is 13.9. The number of fused-ring (bicyclic) bond motifs is 10. The van der Waals surface area contributed by atoms with Gasteiger partial charge in [-0.15, -0.1) is 11.8 Å². The monoisotopic (exact) mass is 646 g/mol. The summed E-state index contributed by atoms with van der Waals surface area (Å²) in [6.45, 7) is 5.81. The van der Waals surface area contributed by atoms with E-state index in [1.165, 1.54) is 106 Å². The van der Waals surface area contributed by atoms with E-state index >= 15 is 0 Å². The maximum absolute atomic E-state index is 5.82. The van der Waals surface area contributed by atoms with Crippen molar-refractivity contribution in [3.05, 3.63) is 52.6 Å². The van der Waals surface area contributed by atoms with Gasteiger partial charge in [0.1, 0.15) is 11.5 Å². The largest absolute Gasteiger partial charge is 0.468 e. The molecule has 0 saturated heterocycles. The van der Waals surface area contributed by atoms with Gasteiger partial charge in [0.2, 0.25) is 0 Å². The van der Waals surface area contributed by atoms with Crippen LogP contribution in [0.5, 0.6) is 11.5 Å². The van der Waals surface area contributed by atoms with Gasteiger partial charge in [0.05, 0.1) is 0 Å². The van der Waals surface area contributed by atoms with Gasteiger partial charge in [-0.2, -0.15) is 0 Å². The van der Waals surface area contributed by atoms with E-state index in [0.717, 1.165) is 47.0 Å². The van der Waals surface area contributed by atoms with Crippen LogP contribution in [0.4, 0.5) is 0 Å². The average molecular weight is 647 g/mol. The smallest absolute Gasteiger partial charge is 0.188 e. The molecule has 0 aliphatic heterocycles. The number of methoxy groups -OCH3 is 2. The molecule has 5 heteroatoms. The van der Waals surface area contributed by atoms with E-state index < -0.39 is 0 Å². The van der Waals surface area contributed by atoms with Crippen LogP contribution in [-0.4, -0.2) is 34.1 Å². The molecule has 0 N–H and O–H groups in total. The molecule has 2 aromatic rings. The minimum atomic E-state index is 0.332. The third kappa shape index (κ3) is 6.04. The fraction of sp³-hybridized carbons (Fsp3) is 0.707. The summed E-state index contributed by atoms with van der Waals surface area (Å²) in [5, 5.41) is 0. The number of aryl methyl sites for hydroxylation is 2. The van der Waals surface area contributed by atoms with Gasteiger partial charge in [-0.1, -0.05) is 32.8 Å². The molecule has 0 amide bonds. The molecule has 0 radical (unpaired) electrons. The van der Waals surface area contributed by atoms with Crippen molar-refractivity contribution in [2.45, 2.75) is 120 Å². The highest BCUT2D eigenvalue weighted by molar-refractivity contribution is 7.98. The number of hydrogen-bond acceptors (Lipinski definition) is 5. The average Bonchev–Trinajstić information content (AvgIpc) is 3.68. The van der Waals surface area contributed by atoms with Crippen molar-refractivity contribution in [2.24, 2.45) is 34.5 Å². The molecule has 6 unspecified atom stereocenters. The number of benzene rings is 2. The van der Waals surface area contributed by atoms with Crippen molar-refractivity contribution in [3.8, 4) is 11.5 Å². The topological polar surface area (TPSA) is 36.9 Å². The first-order chi connectivity index (χ1) is 22.4. The van der Waals surface area contributed by atoms with Crippen LogP contribution in [-0.2, 0) is 22.3 Å². The fourth-order valence-electron chi connectivity index (χ4n) is 11.7. The Bertz CT molecular complexity index is 1370. The summed E-state index contributed by atoms with van der Waals surface area (Å²) in [7, 11) is 3.35. The van der Waals surface area contributed by atoms with Crippen LogP contribution in [0.1, 0.15) is 125 Å². The van der Waals surface area contributed by atoms with Gasteiger partial charge in [0.15, 0.2) is 13.6 Å². The predicted molar refractivity (Wildman–Crippen MR) is 188 cm³/mol. The van der Waals surface area contributed by atoms with Crippen molar-refractivity contribution in [2.75, 3.05) is 34.1 Å². The van der Waals surface area contributed by atoms with E-state index in [0.29, 0.717) is 24.4 Å². The minimum absolute atomic E-state index is 0.332. The molecule has 252 valence electrons. The van der Waals surface area contributed by atoms with Crippen molar-refractivity contribution >= 4 is 11.8 Å². The fourth-order valence-corrected chi connectivity index (χ4v) is 12.3. The quantitative estimate of drug-likeness (QED) is 0.221. The van der Waals surface area contributed by atoms with E-state index in [1.807, 2.05) is 0 Å². The summed E-state index contributed by atoms with van der Waals surface area (Å²) in [6, 6.07) is 11.5. The van der Waals surface area contributed by atoms with E-state index in [1.54, 1.807) is 37.1 Å². The van der Waals surface area contributed by atoms with Crippen LogP contribution in [0.3, 0.4) is 0 Å². The second-order valence-corrected chi connectivity index (χ2v) is 17.0. The van der Waals surface area contributed by atoms with Crippen LogP contribution in [0, 0.1) is 34.5 Å². The third-order valence-corrected chi connectivity index (χ3v) is 14.7. The zero-order valence-corrected chi connectivity index (χ0v) is 30.0. The second-order valence-electron chi connectivity index (χ2n) is 16.2. The van der Waals surface area contributed by atoms with Gasteiger partial charge in [0, 0.05) is 19.1 Å². The first kappa shape index (κ1) is 32.8. The van der Waals surface area contributed by atoms with Crippen molar-refractivity contribution in [1.82, 2.24) is 0 Å². The molecule has 2 aromatic carbocycles. The number of rotatable bonds is 7. The Morgan fingerprint density at radius 1 is 0.674 bits per heavy atom. The summed E-state index contributed by atoms with van der Waals surface area (Å²) in [5.41, 5.74) is 7.60. The Morgan fingerprint density at radius 3 is 1.87 bits per heavy atom. The Morgan fingerprint density at radius 2 is 1.26 bits per heavy atom. The lowest BCUT2D eigenvalue weighted by Crippen LogP contribution is -2.39. The second kappa shape index (κ2) is 13.7. The summed E-state index contributed by atoms with van der Waals surface area (Å²) in [4.78, 5) is 1.27. The maximum atomic E-state index is 5.82. The molecule has 4 fully saturated rings. The summed E-state index contributed by atoms with van der Waals surface area (Å²) < 4.78 is 21.6. The summed E-state index contributed by atoms with van der Waals surface area (Å²) >= 11 is 1.80. The van der Waals surface area contributed by atoms with Gasteiger partial charge >= 0.3 is 0 Å². The molecule has 6 aliphatic carbocycles. The van der Waals surface area contributed by atoms with Gasteiger partial charge in [-0.25, -0.2) is 0 Å². The van der Waals surface area contributed by atoms with Crippen LogP contribution in [0.25, 0.3) is 0 Å². The van der Waals surface area contributed by atoms with Crippen LogP contribution < -0.4 is 9.47 Å². The lowest BCUT2D eigenvalue weighted by molar-refractivity contribution is 0.0481. The minimum Gasteiger partial charge on any atom is -0.468 e. The highest BCUT2D eigenvalue weighted by atomic mass is 32.2. The zero-order chi connectivity index (χ0) is 31.9. The molecular weight excluding hydrogens is 589 g/mol. The molecule has 0 spiro atoms. The lowest BCUT2D eigenvalue weighted by atomic mass is 9.56. The molecule has 6 aliphatic rings. The molecule has 8 rings (SSSR count). The molecule has 0 aromatic heterocycles. The number of hydrogen-bond donors (Lipinski definition) is 0. The number of thioether (sulfide) groups is 1. The summed E-state index contributed by atoms with van der Waals surface area (Å²) in [6.07, 6.45) is 21.8. The van der Waals surface area contributed by atoms with Crippen LogP contribution in [0.15, 0.2) is 35.2 Å². The first-order valence-electron chi connectivity index (χ1n) is 18.4. The van der Waals surface area contributed by atoms with Crippen LogP contribution >= 0.6 is 11.8 Å². The highest BCUT2D eigenvalue weighted by Crippen LogP contribution is 2.62. The molecule has 4 saturated carbocycles. The summed E-state index contributed by atoms with van der Waals surface area (Å²) in [5.74, 6) is 7.33. The maximum Gasteiger partial charge on any atom is 0.188 e. The van der Waals surface area contributed by atoms with Gasteiger partial charge in [-0.3, -0.25) is 0 Å². The van der Waals surface area contributed by atoms with E-state index in [-0.39, 0.29) is 0 Å². The van der Waals surface area contributed by atoms with Crippen molar-refractivity contribution in [1.29, 1.82) is 0 Å². The van der Waals surface area contributed by atoms with Crippen molar-refractivity contribution in [3.63, 3.8) is 0 Å². The zero-order valence-electron chi connectivity index (χ0n) is 29.2. The number of ether oxygens (including phenoxy) is 4. The van der Waals surface area contributed by atoms with Crippen LogP contribution in [0.2, 0.25) is 0 Å². The molecule has 8 atom stereocenters. The Kier molecular flexibility index (Phi) is 9.76. The molecule has 0 heterocycles. The normalized spacial score (nSPS) is 35.3. The Balaban J connectivity index is 0.000000147. The Hall–Kier alpha value is -1.69. The van der Waals surface area contributed by atoms with Gasteiger partial charge in [0.25, 0.3) is 0 Å². The van der Waals surface area contributed by atoms with E-state index in [9.17, 15) is 0 Å². The SMILES string of the molecule is COCOc1cc2c(cc1SC)C1CC[C@]3(C)CCCC3C1CC2.COCOc1ccc2c(c1)CCC1C2CC[C@]2(C)CCCC12. The van der Waals surface area contributed by atoms with Gasteiger partial charge in [-0.05, 0) is 176 Å². The van der Waals surface area contributed by atoms with Crippen molar-refractivity contribution < 1.29 is 18.9 Å². The standard InChI is InChI=1S/C21H30O2S.C20H28O2/c1-21-9-4-5-18(21)16-7-6-14-11-19(23-13-22-2)20(24-3)12-17(14)15(16)8-10-21;1-20-10-3-4-19(20)18-7-5-14-12-15(22-13-21-2)6-8-16(14)17(18)9-11-20/h11-12,15-16,18H,4-10,13H2,1-3H3;6,8,12,17-19H,3-5,7,9-11,13H2,1-2H3/t15?,16?,18?,21-;17?,18?,19?,20-/m00/s1. The molecule has 0 bridgehead atoms. The molecule has 4 nitrogen and oxygen atoms in total. The molecule has 46 heavy (non-hydrogen) atoms. The highest BCUT2D eigenvalue weighted by Gasteiger charge is 2.51. The predicted octanol–water partition coefficient (Wildman–Crippen LogP) is 10.6. The van der Waals surface area contributed by atoms with E-state index in [2.05, 4.69) is 50.4 Å².